The van der Waals surface area contributed by atoms with E-state index in [1.165, 1.54) is 10.1 Å². The molecule has 0 bridgehead atoms. The van der Waals surface area contributed by atoms with Crippen LogP contribution in [0.1, 0.15) is 0 Å². The van der Waals surface area contributed by atoms with E-state index in [1.807, 2.05) is 12.1 Å². The van der Waals surface area contributed by atoms with E-state index >= 15 is 0 Å². The van der Waals surface area contributed by atoms with Crippen LogP contribution >= 0.6 is 22.9 Å². The number of rotatable bonds is 3. The van der Waals surface area contributed by atoms with Crippen LogP contribution in [-0.2, 0) is 0 Å². The summed E-state index contributed by atoms with van der Waals surface area (Å²) >= 11 is 7.26. The van der Waals surface area contributed by atoms with Gasteiger partial charge in [0.25, 0.3) is 0 Å². The molecular formula is C10H9ClOS. The maximum Gasteiger partial charge on any atom is 0.120 e. The van der Waals surface area contributed by atoms with Gasteiger partial charge in [-0.2, -0.15) is 0 Å². The molecule has 0 N–H and O–H groups in total. The fourth-order valence-electron chi connectivity index (χ4n) is 1.19. The van der Waals surface area contributed by atoms with Gasteiger partial charge in [-0.3, -0.25) is 0 Å². The molecule has 0 radical (unpaired) electrons. The van der Waals surface area contributed by atoms with Gasteiger partial charge in [-0.1, -0.05) is 0 Å². The molecule has 0 fully saturated rings. The van der Waals surface area contributed by atoms with Crippen molar-refractivity contribution in [1.82, 2.24) is 0 Å². The molecule has 3 heteroatoms. The smallest absolute Gasteiger partial charge is 0.120 e. The first-order valence-electron chi connectivity index (χ1n) is 4.06. The molecule has 0 saturated heterocycles. The summed E-state index contributed by atoms with van der Waals surface area (Å²) < 4.78 is 6.70. The molecule has 0 aliphatic rings. The molecule has 0 saturated carbocycles. The molecule has 1 aromatic carbocycles. The van der Waals surface area contributed by atoms with Gasteiger partial charge in [0.1, 0.15) is 12.4 Å². The van der Waals surface area contributed by atoms with Crippen molar-refractivity contribution in [3.05, 3.63) is 29.6 Å². The second-order valence-corrected chi connectivity index (χ2v) is 3.98. The zero-order chi connectivity index (χ0) is 9.10. The van der Waals surface area contributed by atoms with Gasteiger partial charge in [0.05, 0.1) is 5.88 Å². The van der Waals surface area contributed by atoms with Crippen molar-refractivity contribution < 1.29 is 4.74 Å². The number of fused-ring (bicyclic) bond motifs is 1. The van der Waals surface area contributed by atoms with Crippen molar-refractivity contribution in [3.8, 4) is 5.75 Å². The molecular weight excluding hydrogens is 204 g/mol. The number of alkyl halides is 1. The van der Waals surface area contributed by atoms with Gasteiger partial charge < -0.3 is 4.74 Å². The minimum atomic E-state index is 0.529. The maximum atomic E-state index is 5.53. The highest BCUT2D eigenvalue weighted by Crippen LogP contribution is 2.25. The predicted octanol–water partition coefficient (Wildman–Crippen LogP) is 3.52. The lowest BCUT2D eigenvalue weighted by molar-refractivity contribution is 0.343. The van der Waals surface area contributed by atoms with Crippen molar-refractivity contribution in [2.75, 3.05) is 12.5 Å². The van der Waals surface area contributed by atoms with Crippen LogP contribution < -0.4 is 4.74 Å². The summed E-state index contributed by atoms with van der Waals surface area (Å²) in [4.78, 5) is 0. The Morgan fingerprint density at radius 2 is 2.23 bits per heavy atom. The van der Waals surface area contributed by atoms with Crippen LogP contribution in [-0.4, -0.2) is 12.5 Å². The number of halogens is 1. The first kappa shape index (κ1) is 8.85. The Morgan fingerprint density at radius 1 is 1.31 bits per heavy atom. The summed E-state index contributed by atoms with van der Waals surface area (Å²) in [6.45, 7) is 0.567. The van der Waals surface area contributed by atoms with E-state index in [9.17, 15) is 0 Å². The van der Waals surface area contributed by atoms with E-state index in [2.05, 4.69) is 17.5 Å². The number of hydrogen-bond acceptors (Lipinski definition) is 2. The van der Waals surface area contributed by atoms with Gasteiger partial charge in [0, 0.05) is 4.70 Å². The molecule has 2 rings (SSSR count). The van der Waals surface area contributed by atoms with Gasteiger partial charge in [-0.15, -0.1) is 22.9 Å². The van der Waals surface area contributed by atoms with Crippen LogP contribution in [0.2, 0.25) is 0 Å². The Hall–Kier alpha value is -0.730. The van der Waals surface area contributed by atoms with E-state index in [1.54, 1.807) is 11.3 Å². The summed E-state index contributed by atoms with van der Waals surface area (Å²) in [5.74, 6) is 1.42. The van der Waals surface area contributed by atoms with Crippen LogP contribution in [0.5, 0.6) is 5.75 Å². The van der Waals surface area contributed by atoms with E-state index in [-0.39, 0.29) is 0 Å². The van der Waals surface area contributed by atoms with E-state index in [0.29, 0.717) is 12.5 Å². The molecule has 0 atom stereocenters. The van der Waals surface area contributed by atoms with Gasteiger partial charge >= 0.3 is 0 Å². The largest absolute Gasteiger partial charge is 0.492 e. The summed E-state index contributed by atoms with van der Waals surface area (Å²) in [7, 11) is 0. The molecule has 0 aliphatic heterocycles. The van der Waals surface area contributed by atoms with Crippen LogP contribution in [0.4, 0.5) is 0 Å². The predicted molar refractivity (Wildman–Crippen MR) is 58.0 cm³/mol. The normalized spacial score (nSPS) is 10.5. The first-order chi connectivity index (χ1) is 6.40. The van der Waals surface area contributed by atoms with Gasteiger partial charge in [0.15, 0.2) is 0 Å². The number of hydrogen-bond donors (Lipinski definition) is 0. The summed E-state index contributed by atoms with van der Waals surface area (Å²) in [6, 6.07) is 8.18. The molecule has 1 aromatic heterocycles. The average molecular weight is 213 g/mol. The third-order valence-electron chi connectivity index (χ3n) is 1.77. The zero-order valence-corrected chi connectivity index (χ0v) is 8.57. The van der Waals surface area contributed by atoms with E-state index in [0.717, 1.165) is 5.75 Å². The van der Waals surface area contributed by atoms with Crippen molar-refractivity contribution >= 4 is 33.0 Å². The minimum absolute atomic E-state index is 0.529. The van der Waals surface area contributed by atoms with Crippen molar-refractivity contribution in [2.24, 2.45) is 0 Å². The highest BCUT2D eigenvalue weighted by atomic mass is 35.5. The van der Waals surface area contributed by atoms with Gasteiger partial charge in [0.2, 0.25) is 0 Å². The standard InChI is InChI=1S/C10H9ClOS/c11-4-5-12-9-1-2-10-8(7-9)3-6-13-10/h1-3,6-7H,4-5H2. The monoisotopic (exact) mass is 212 g/mol. The molecule has 1 nitrogen and oxygen atoms in total. The summed E-state index contributed by atoms with van der Waals surface area (Å²) in [5.41, 5.74) is 0. The van der Waals surface area contributed by atoms with Crippen molar-refractivity contribution in [2.45, 2.75) is 0 Å². The molecule has 13 heavy (non-hydrogen) atoms. The van der Waals surface area contributed by atoms with E-state index in [4.69, 9.17) is 16.3 Å². The van der Waals surface area contributed by atoms with E-state index < -0.39 is 0 Å². The maximum absolute atomic E-state index is 5.53. The summed E-state index contributed by atoms with van der Waals surface area (Å²) in [6.07, 6.45) is 0. The SMILES string of the molecule is ClCCOc1ccc2sccc2c1. The Balaban J connectivity index is 2.26. The lowest BCUT2D eigenvalue weighted by atomic mass is 10.2. The van der Waals surface area contributed by atoms with Crippen LogP contribution in [0, 0.1) is 0 Å². The third kappa shape index (κ3) is 1.95. The summed E-state index contributed by atoms with van der Waals surface area (Å²) in [5, 5.41) is 3.31. The topological polar surface area (TPSA) is 9.23 Å². The van der Waals surface area contributed by atoms with Gasteiger partial charge in [-0.25, -0.2) is 0 Å². The second kappa shape index (κ2) is 3.99. The number of thiophene rings is 1. The minimum Gasteiger partial charge on any atom is -0.492 e. The highest BCUT2D eigenvalue weighted by Gasteiger charge is 1.97. The Bertz CT molecular complexity index is 396. The zero-order valence-electron chi connectivity index (χ0n) is 7.00. The Morgan fingerprint density at radius 3 is 3.08 bits per heavy atom. The molecule has 0 unspecified atom stereocenters. The average Bonchev–Trinajstić information content (AvgIpc) is 2.61. The Labute approximate surface area is 85.9 Å². The molecule has 0 amide bonds. The Kier molecular flexibility index (Phi) is 2.71. The third-order valence-corrected chi connectivity index (χ3v) is 2.82. The highest BCUT2D eigenvalue weighted by molar-refractivity contribution is 7.17. The number of benzene rings is 1. The van der Waals surface area contributed by atoms with Crippen molar-refractivity contribution in [3.63, 3.8) is 0 Å². The quantitative estimate of drug-likeness (QED) is 0.708. The van der Waals surface area contributed by atoms with Crippen LogP contribution in [0.15, 0.2) is 29.6 Å². The van der Waals surface area contributed by atoms with Crippen LogP contribution in [0.3, 0.4) is 0 Å². The molecule has 2 aromatic rings. The molecule has 0 aliphatic carbocycles. The molecule has 0 spiro atoms. The lowest BCUT2D eigenvalue weighted by Crippen LogP contribution is -1.97. The van der Waals surface area contributed by atoms with Crippen molar-refractivity contribution in [1.29, 1.82) is 0 Å². The molecule has 1 heterocycles. The fraction of sp³-hybridized carbons (Fsp3) is 0.200. The fourth-order valence-corrected chi connectivity index (χ4v) is 2.04. The lowest BCUT2D eigenvalue weighted by Gasteiger charge is -2.02. The van der Waals surface area contributed by atoms with Crippen LogP contribution in [0.25, 0.3) is 10.1 Å². The molecule has 68 valence electrons. The number of ether oxygens (including phenoxy) is 1. The second-order valence-electron chi connectivity index (χ2n) is 2.66. The van der Waals surface area contributed by atoms with Gasteiger partial charge in [-0.05, 0) is 35.0 Å². The first-order valence-corrected chi connectivity index (χ1v) is 5.47.